The Morgan fingerprint density at radius 2 is 1.29 bits per heavy atom. The smallest absolute Gasteiger partial charge is 0.320 e. The Morgan fingerprint density at radius 1 is 0.871 bits per heavy atom. The Bertz CT molecular complexity index is 641. The van der Waals surface area contributed by atoms with E-state index < -0.39 is 29.1 Å². The molecule has 0 aromatic rings. The van der Waals surface area contributed by atoms with Gasteiger partial charge in [0.1, 0.15) is 11.2 Å². The molecule has 1 N–H and O–H groups in total. The van der Waals surface area contributed by atoms with Crippen LogP contribution in [0, 0.1) is 12.3 Å². The molecule has 0 bridgehead atoms. The lowest BCUT2D eigenvalue weighted by molar-refractivity contribution is -0.162. The number of hydrogen-bond acceptors (Lipinski definition) is 7. The fourth-order valence-electron chi connectivity index (χ4n) is 3.89. The summed E-state index contributed by atoms with van der Waals surface area (Å²) in [7, 11) is 0. The average molecular weight is 439 g/mol. The van der Waals surface area contributed by atoms with E-state index in [1.165, 1.54) is 0 Å². The number of terminal acetylenes is 1. The van der Waals surface area contributed by atoms with Crippen LogP contribution in [0.4, 0.5) is 0 Å². The van der Waals surface area contributed by atoms with Gasteiger partial charge >= 0.3 is 17.9 Å². The van der Waals surface area contributed by atoms with Crippen LogP contribution < -0.4 is 0 Å². The highest BCUT2D eigenvalue weighted by Gasteiger charge is 2.37. The monoisotopic (exact) mass is 438 g/mol. The molecule has 0 heterocycles. The zero-order chi connectivity index (χ0) is 23.8. The molecule has 31 heavy (non-hydrogen) atoms. The second-order valence-electron chi connectivity index (χ2n) is 10.00. The highest BCUT2D eigenvalue weighted by atomic mass is 16.6. The zero-order valence-corrected chi connectivity index (χ0v) is 19.8. The summed E-state index contributed by atoms with van der Waals surface area (Å²) < 4.78 is 11.0. The first-order valence-corrected chi connectivity index (χ1v) is 10.8. The number of carbonyl (C=O) groups is 3. The number of ether oxygens (including phenoxy) is 2. The quantitative estimate of drug-likeness (QED) is 0.433. The molecule has 1 saturated carbocycles. The Hall–Kier alpha value is -2.11. The Labute approximate surface area is 186 Å². The first-order valence-electron chi connectivity index (χ1n) is 10.8. The van der Waals surface area contributed by atoms with Gasteiger partial charge in [-0.3, -0.25) is 24.2 Å². The van der Waals surface area contributed by atoms with Gasteiger partial charge in [-0.05, 0) is 54.4 Å². The molecule has 0 aliphatic heterocycles. The molecule has 8 nitrogen and oxygen atoms in total. The SMILES string of the molecule is C#CCN(CC(=O)O)C1CCCCC1N(CC(=O)OC(C)(C)C)CC(=O)OC(C)(C)C. The minimum atomic E-state index is -0.967. The minimum Gasteiger partial charge on any atom is -0.480 e. The maximum atomic E-state index is 12.6. The summed E-state index contributed by atoms with van der Waals surface area (Å²) in [6.07, 6.45) is 8.78. The third-order valence-electron chi connectivity index (χ3n) is 4.77. The van der Waals surface area contributed by atoms with E-state index in [0.29, 0.717) is 0 Å². The highest BCUT2D eigenvalue weighted by molar-refractivity contribution is 5.75. The van der Waals surface area contributed by atoms with Crippen molar-refractivity contribution in [1.82, 2.24) is 9.80 Å². The predicted molar refractivity (Wildman–Crippen MR) is 117 cm³/mol. The van der Waals surface area contributed by atoms with Gasteiger partial charge in [0.05, 0.1) is 26.2 Å². The molecule has 0 saturated heterocycles. The third kappa shape index (κ3) is 10.7. The van der Waals surface area contributed by atoms with E-state index in [1.54, 1.807) is 51.3 Å². The van der Waals surface area contributed by atoms with E-state index in [1.807, 2.05) is 0 Å². The second-order valence-corrected chi connectivity index (χ2v) is 10.00. The van der Waals surface area contributed by atoms with Gasteiger partial charge in [0.15, 0.2) is 0 Å². The van der Waals surface area contributed by atoms with Crippen LogP contribution in [0.15, 0.2) is 0 Å². The van der Waals surface area contributed by atoms with Crippen molar-refractivity contribution in [3.05, 3.63) is 0 Å². The molecule has 1 rings (SSSR count). The van der Waals surface area contributed by atoms with Gasteiger partial charge in [0.25, 0.3) is 0 Å². The highest BCUT2D eigenvalue weighted by Crippen LogP contribution is 2.28. The molecule has 1 fully saturated rings. The summed E-state index contributed by atoms with van der Waals surface area (Å²) in [4.78, 5) is 40.1. The molecule has 2 unspecified atom stereocenters. The third-order valence-corrected chi connectivity index (χ3v) is 4.77. The minimum absolute atomic E-state index is 0.0886. The average Bonchev–Trinajstić information content (AvgIpc) is 2.57. The molecule has 8 heteroatoms. The molecular weight excluding hydrogens is 400 g/mol. The molecule has 0 aromatic carbocycles. The molecule has 0 aromatic heterocycles. The molecule has 0 radical (unpaired) electrons. The van der Waals surface area contributed by atoms with Crippen LogP contribution in [0.25, 0.3) is 0 Å². The van der Waals surface area contributed by atoms with Crippen molar-refractivity contribution in [3.63, 3.8) is 0 Å². The predicted octanol–water partition coefficient (Wildman–Crippen LogP) is 2.30. The molecule has 2 atom stereocenters. The first kappa shape index (κ1) is 26.9. The number of carbonyl (C=O) groups excluding carboxylic acids is 2. The number of aliphatic carboxylic acids is 1. The van der Waals surface area contributed by atoms with Crippen LogP contribution in [0.1, 0.15) is 67.2 Å². The summed E-state index contributed by atoms with van der Waals surface area (Å²) in [6.45, 7) is 10.5. The topological polar surface area (TPSA) is 96.4 Å². The van der Waals surface area contributed by atoms with E-state index in [2.05, 4.69) is 5.92 Å². The molecule has 0 spiro atoms. The molecule has 0 amide bonds. The number of rotatable bonds is 9. The molecule has 1 aliphatic carbocycles. The van der Waals surface area contributed by atoms with E-state index in [0.717, 1.165) is 25.7 Å². The number of hydrogen-bond donors (Lipinski definition) is 1. The van der Waals surface area contributed by atoms with E-state index >= 15 is 0 Å². The van der Waals surface area contributed by atoms with Crippen molar-refractivity contribution in [3.8, 4) is 12.3 Å². The summed E-state index contributed by atoms with van der Waals surface area (Å²) in [5.74, 6) is 0.682. The number of esters is 2. The Kier molecular flexibility index (Phi) is 9.98. The Morgan fingerprint density at radius 3 is 1.65 bits per heavy atom. The summed E-state index contributed by atoms with van der Waals surface area (Å²) in [5, 5.41) is 9.34. The lowest BCUT2D eigenvalue weighted by Gasteiger charge is -2.43. The van der Waals surface area contributed by atoms with Gasteiger partial charge in [-0.25, -0.2) is 0 Å². The maximum Gasteiger partial charge on any atom is 0.320 e. The van der Waals surface area contributed by atoms with Crippen molar-refractivity contribution in [2.24, 2.45) is 0 Å². The molecular formula is C23H38N2O6. The van der Waals surface area contributed by atoms with Crippen LogP contribution in [-0.2, 0) is 23.9 Å². The summed E-state index contributed by atoms with van der Waals surface area (Å²) in [6, 6.07) is -0.410. The largest absolute Gasteiger partial charge is 0.480 e. The van der Waals surface area contributed by atoms with Gasteiger partial charge in [-0.15, -0.1) is 6.42 Å². The van der Waals surface area contributed by atoms with Crippen molar-refractivity contribution in [2.75, 3.05) is 26.2 Å². The van der Waals surface area contributed by atoms with Crippen molar-refractivity contribution in [2.45, 2.75) is 90.5 Å². The Balaban J connectivity index is 3.15. The normalized spacial score (nSPS) is 19.7. The summed E-state index contributed by atoms with van der Waals surface area (Å²) >= 11 is 0. The van der Waals surface area contributed by atoms with Crippen LogP contribution in [0.2, 0.25) is 0 Å². The van der Waals surface area contributed by atoms with Crippen LogP contribution >= 0.6 is 0 Å². The molecule has 176 valence electrons. The lowest BCUT2D eigenvalue weighted by Crippen LogP contribution is -2.57. The lowest BCUT2D eigenvalue weighted by atomic mass is 9.87. The first-order chi connectivity index (χ1) is 14.2. The van der Waals surface area contributed by atoms with Crippen LogP contribution in [0.5, 0.6) is 0 Å². The van der Waals surface area contributed by atoms with E-state index in [4.69, 9.17) is 15.9 Å². The van der Waals surface area contributed by atoms with E-state index in [-0.39, 0.29) is 38.3 Å². The molecule has 1 aliphatic rings. The fraction of sp³-hybridized carbons (Fsp3) is 0.783. The van der Waals surface area contributed by atoms with Gasteiger partial charge in [-0.2, -0.15) is 0 Å². The van der Waals surface area contributed by atoms with Gasteiger partial charge < -0.3 is 14.6 Å². The summed E-state index contributed by atoms with van der Waals surface area (Å²) in [5.41, 5.74) is -1.31. The van der Waals surface area contributed by atoms with Crippen LogP contribution in [0.3, 0.4) is 0 Å². The van der Waals surface area contributed by atoms with Gasteiger partial charge in [-0.1, -0.05) is 18.8 Å². The van der Waals surface area contributed by atoms with Gasteiger partial charge in [0.2, 0.25) is 0 Å². The second kappa shape index (κ2) is 11.5. The van der Waals surface area contributed by atoms with Crippen molar-refractivity contribution in [1.29, 1.82) is 0 Å². The zero-order valence-electron chi connectivity index (χ0n) is 19.8. The van der Waals surface area contributed by atoms with E-state index in [9.17, 15) is 19.5 Å². The van der Waals surface area contributed by atoms with Gasteiger partial charge in [0, 0.05) is 12.1 Å². The maximum absolute atomic E-state index is 12.6. The number of nitrogens with zero attached hydrogens (tertiary/aromatic N) is 2. The number of carboxylic acid groups (broad SMARTS) is 1. The van der Waals surface area contributed by atoms with Crippen molar-refractivity contribution >= 4 is 17.9 Å². The van der Waals surface area contributed by atoms with Crippen LogP contribution in [-0.4, -0.2) is 82.3 Å². The fourth-order valence-corrected chi connectivity index (χ4v) is 3.89. The standard InChI is InChI=1S/C23H38N2O6/c1-8-13-24(14-19(26)27)17-11-9-10-12-18(17)25(15-20(28)30-22(2,3)4)16-21(29)31-23(5,6)7/h1,17-18H,9-16H2,2-7H3,(H,26,27). The van der Waals surface area contributed by atoms with Crippen molar-refractivity contribution < 1.29 is 29.0 Å². The number of carboxylic acids is 1.